The van der Waals surface area contributed by atoms with E-state index in [4.69, 9.17) is 9.84 Å². The zero-order valence-electron chi connectivity index (χ0n) is 11.9. The van der Waals surface area contributed by atoms with Gasteiger partial charge in [-0.1, -0.05) is 25.1 Å². The summed E-state index contributed by atoms with van der Waals surface area (Å²) in [5, 5.41) is 11.8. The summed E-state index contributed by atoms with van der Waals surface area (Å²) in [5.74, 6) is -1.02. The molecule has 0 aromatic heterocycles. The molecule has 0 aliphatic rings. The summed E-state index contributed by atoms with van der Waals surface area (Å²) in [6.07, 6.45) is 0.346. The predicted molar refractivity (Wildman–Crippen MR) is 75.7 cm³/mol. The summed E-state index contributed by atoms with van der Waals surface area (Å²) in [4.78, 5) is 24.3. The largest absolute Gasteiger partial charge is 0.480 e. The zero-order valence-corrected chi connectivity index (χ0v) is 11.9. The van der Waals surface area contributed by atoms with Gasteiger partial charge in [-0.15, -0.1) is 0 Å². The molecule has 20 heavy (non-hydrogen) atoms. The van der Waals surface area contributed by atoms with Crippen LogP contribution >= 0.6 is 0 Å². The predicted octanol–water partition coefficient (Wildman–Crippen LogP) is 2.16. The van der Waals surface area contributed by atoms with Crippen molar-refractivity contribution in [2.24, 2.45) is 0 Å². The van der Waals surface area contributed by atoms with Crippen LogP contribution in [0.25, 0.3) is 0 Å². The van der Waals surface area contributed by atoms with E-state index < -0.39 is 18.0 Å². The van der Waals surface area contributed by atoms with Gasteiger partial charge in [-0.3, -0.25) is 0 Å². The van der Waals surface area contributed by atoms with Gasteiger partial charge in [-0.25, -0.2) is 9.59 Å². The molecule has 6 heteroatoms. The highest BCUT2D eigenvalue weighted by Gasteiger charge is 2.24. The van der Waals surface area contributed by atoms with E-state index in [-0.39, 0.29) is 0 Å². The highest BCUT2D eigenvalue weighted by molar-refractivity contribution is 5.92. The molecule has 0 heterocycles. The van der Waals surface area contributed by atoms with Crippen molar-refractivity contribution < 1.29 is 19.4 Å². The van der Waals surface area contributed by atoms with E-state index in [1.54, 1.807) is 26.2 Å². The van der Waals surface area contributed by atoms with E-state index in [9.17, 15) is 9.59 Å². The van der Waals surface area contributed by atoms with Gasteiger partial charge in [0.25, 0.3) is 0 Å². The summed E-state index contributed by atoms with van der Waals surface area (Å²) in [6, 6.07) is 5.94. The van der Waals surface area contributed by atoms with Crippen LogP contribution in [0.4, 0.5) is 10.5 Å². The minimum absolute atomic E-state index is 0.346. The second kappa shape index (κ2) is 7.49. The molecule has 1 unspecified atom stereocenters. The van der Waals surface area contributed by atoms with Crippen LogP contribution < -0.4 is 5.32 Å². The lowest BCUT2D eigenvalue weighted by molar-refractivity contribution is -0.141. The molecule has 1 atom stereocenters. The van der Waals surface area contributed by atoms with Crippen LogP contribution in [0.5, 0.6) is 0 Å². The molecule has 1 rings (SSSR count). The van der Waals surface area contributed by atoms with Crippen LogP contribution in [-0.4, -0.2) is 42.2 Å². The van der Waals surface area contributed by atoms with E-state index in [0.717, 1.165) is 5.56 Å². The molecule has 0 fully saturated rings. The molecule has 0 bridgehead atoms. The number of anilines is 1. The number of nitrogens with zero attached hydrogens (tertiary/aromatic N) is 1. The number of likely N-dealkylation sites (N-methyl/N-ethyl adjacent to an activating group) is 1. The van der Waals surface area contributed by atoms with E-state index in [1.165, 1.54) is 11.9 Å². The molecule has 0 radical (unpaired) electrons. The Bertz CT molecular complexity index is 476. The molecule has 0 saturated heterocycles. The molecule has 6 nitrogen and oxygen atoms in total. The van der Waals surface area contributed by atoms with Crippen molar-refractivity contribution in [2.45, 2.75) is 26.0 Å². The molecule has 1 aromatic carbocycles. The third-order valence-electron chi connectivity index (χ3n) is 3.02. The van der Waals surface area contributed by atoms with E-state index in [0.29, 0.717) is 18.7 Å². The molecule has 0 spiro atoms. The number of amides is 2. The van der Waals surface area contributed by atoms with Crippen molar-refractivity contribution in [3.8, 4) is 0 Å². The average Bonchev–Trinajstić information content (AvgIpc) is 2.41. The lowest BCUT2D eigenvalue weighted by Gasteiger charge is -2.24. The topological polar surface area (TPSA) is 78.9 Å². The molecule has 2 amide bonds. The van der Waals surface area contributed by atoms with Gasteiger partial charge in [0.2, 0.25) is 0 Å². The average molecular weight is 280 g/mol. The Hall–Kier alpha value is -2.08. The fourth-order valence-corrected chi connectivity index (χ4v) is 1.88. The van der Waals surface area contributed by atoms with Gasteiger partial charge in [0, 0.05) is 25.4 Å². The van der Waals surface area contributed by atoms with Crippen molar-refractivity contribution in [3.05, 3.63) is 29.8 Å². The first-order valence-electron chi connectivity index (χ1n) is 6.34. The lowest BCUT2D eigenvalue weighted by Crippen LogP contribution is -2.44. The third kappa shape index (κ3) is 3.96. The van der Waals surface area contributed by atoms with Crippen molar-refractivity contribution in [3.63, 3.8) is 0 Å². The summed E-state index contributed by atoms with van der Waals surface area (Å²) < 4.78 is 5.06. The number of hydrogen-bond donors (Lipinski definition) is 2. The van der Waals surface area contributed by atoms with Gasteiger partial charge in [0.15, 0.2) is 0 Å². The van der Waals surface area contributed by atoms with Gasteiger partial charge in [0.05, 0.1) is 6.61 Å². The third-order valence-corrected chi connectivity index (χ3v) is 3.02. The first-order valence-corrected chi connectivity index (χ1v) is 6.34. The quantitative estimate of drug-likeness (QED) is 0.837. The number of hydrogen-bond acceptors (Lipinski definition) is 3. The van der Waals surface area contributed by atoms with Crippen LogP contribution in [0.3, 0.4) is 0 Å². The van der Waals surface area contributed by atoms with Gasteiger partial charge in [-0.05, 0) is 12.5 Å². The van der Waals surface area contributed by atoms with Gasteiger partial charge in [0.1, 0.15) is 6.04 Å². The maximum absolute atomic E-state index is 12.1. The number of carboxylic acids is 1. The van der Waals surface area contributed by atoms with Crippen LogP contribution in [0.1, 0.15) is 18.9 Å². The monoisotopic (exact) mass is 280 g/mol. The molecule has 0 aliphatic carbocycles. The van der Waals surface area contributed by atoms with E-state index in [1.807, 2.05) is 12.1 Å². The number of aliphatic carboxylic acids is 1. The number of carboxylic acid groups (broad SMARTS) is 1. The number of carbonyl (C=O) groups excluding carboxylic acids is 1. The normalized spacial score (nSPS) is 11.8. The van der Waals surface area contributed by atoms with Crippen LogP contribution in [0.15, 0.2) is 24.3 Å². The standard InChI is InChI=1S/C14H20N2O4/c1-4-12(13(17)18)16(2)14(19)15-11-8-6-5-7-10(11)9-20-3/h5-8,12H,4,9H2,1-3H3,(H,15,19)(H,17,18). The van der Waals surface area contributed by atoms with Gasteiger partial charge < -0.3 is 20.1 Å². The zero-order chi connectivity index (χ0) is 15.1. The van der Waals surface area contributed by atoms with E-state index >= 15 is 0 Å². The van der Waals surface area contributed by atoms with E-state index in [2.05, 4.69) is 5.32 Å². The first-order chi connectivity index (χ1) is 9.51. The number of para-hydroxylation sites is 1. The number of nitrogens with one attached hydrogen (secondary N) is 1. The smallest absolute Gasteiger partial charge is 0.326 e. The van der Waals surface area contributed by atoms with Crippen molar-refractivity contribution in [2.75, 3.05) is 19.5 Å². The second-order valence-electron chi connectivity index (χ2n) is 4.39. The van der Waals surface area contributed by atoms with Gasteiger partial charge in [-0.2, -0.15) is 0 Å². The number of rotatable bonds is 6. The summed E-state index contributed by atoms with van der Waals surface area (Å²) in [7, 11) is 3.04. The molecule has 2 N–H and O–H groups in total. The Labute approximate surface area is 118 Å². The number of benzene rings is 1. The van der Waals surface area contributed by atoms with Crippen molar-refractivity contribution in [1.82, 2.24) is 4.90 Å². The van der Waals surface area contributed by atoms with Gasteiger partial charge >= 0.3 is 12.0 Å². The SMILES string of the molecule is CCC(C(=O)O)N(C)C(=O)Nc1ccccc1COC. The highest BCUT2D eigenvalue weighted by atomic mass is 16.5. The maximum Gasteiger partial charge on any atom is 0.326 e. The molecule has 0 saturated carbocycles. The van der Waals surface area contributed by atoms with Crippen LogP contribution in [0.2, 0.25) is 0 Å². The Balaban J connectivity index is 2.82. The number of methoxy groups -OCH3 is 1. The summed E-state index contributed by atoms with van der Waals surface area (Å²) >= 11 is 0. The molecule has 0 aliphatic heterocycles. The lowest BCUT2D eigenvalue weighted by atomic mass is 10.2. The Kier molecular flexibility index (Phi) is 5.99. The summed E-state index contributed by atoms with van der Waals surface area (Å²) in [5.41, 5.74) is 1.45. The van der Waals surface area contributed by atoms with Crippen LogP contribution in [-0.2, 0) is 16.1 Å². The molecular formula is C14H20N2O4. The number of carbonyl (C=O) groups is 2. The highest BCUT2D eigenvalue weighted by Crippen LogP contribution is 2.17. The summed E-state index contributed by atoms with van der Waals surface area (Å²) in [6.45, 7) is 2.09. The van der Waals surface area contributed by atoms with Crippen molar-refractivity contribution in [1.29, 1.82) is 0 Å². The minimum Gasteiger partial charge on any atom is -0.480 e. The van der Waals surface area contributed by atoms with Crippen LogP contribution in [0, 0.1) is 0 Å². The number of urea groups is 1. The molecule has 1 aromatic rings. The Morgan fingerprint density at radius 1 is 1.40 bits per heavy atom. The fraction of sp³-hybridized carbons (Fsp3) is 0.429. The Morgan fingerprint density at radius 3 is 2.60 bits per heavy atom. The number of ether oxygens (including phenoxy) is 1. The Morgan fingerprint density at radius 2 is 2.05 bits per heavy atom. The minimum atomic E-state index is -1.02. The second-order valence-corrected chi connectivity index (χ2v) is 4.39. The molecular weight excluding hydrogens is 260 g/mol. The first kappa shape index (κ1) is 16.0. The van der Waals surface area contributed by atoms with Crippen molar-refractivity contribution >= 4 is 17.7 Å². The molecule has 110 valence electrons. The maximum atomic E-state index is 12.1. The fourth-order valence-electron chi connectivity index (χ4n) is 1.88.